The Morgan fingerprint density at radius 3 is 2.71 bits per heavy atom. The molecule has 24 heavy (non-hydrogen) atoms. The van der Waals surface area contributed by atoms with Gasteiger partial charge in [-0.2, -0.15) is 4.99 Å². The van der Waals surface area contributed by atoms with E-state index in [1.165, 1.54) is 11.3 Å². The van der Waals surface area contributed by atoms with Gasteiger partial charge in [-0.3, -0.25) is 4.79 Å². The summed E-state index contributed by atoms with van der Waals surface area (Å²) in [5, 5.41) is 0. The summed E-state index contributed by atoms with van der Waals surface area (Å²) in [6.07, 6.45) is 5.50. The number of nitrogens with zero attached hydrogens (tertiary/aromatic N) is 2. The van der Waals surface area contributed by atoms with Gasteiger partial charge < -0.3 is 9.30 Å². The van der Waals surface area contributed by atoms with Gasteiger partial charge in [0.25, 0.3) is 5.91 Å². The summed E-state index contributed by atoms with van der Waals surface area (Å²) in [7, 11) is 1.61. The Morgan fingerprint density at radius 2 is 2.04 bits per heavy atom. The number of carbonyl (C=O) groups is 1. The second kappa shape index (κ2) is 6.73. The molecule has 1 heterocycles. The topological polar surface area (TPSA) is 43.6 Å². The Bertz CT molecular complexity index is 1000. The molecule has 0 spiro atoms. The molecule has 3 aromatic rings. The second-order valence-electron chi connectivity index (χ2n) is 5.26. The average Bonchev–Trinajstić information content (AvgIpc) is 2.93. The second-order valence-corrected chi connectivity index (χ2v) is 6.27. The van der Waals surface area contributed by atoms with Gasteiger partial charge in [0.15, 0.2) is 4.80 Å². The Morgan fingerprint density at radius 1 is 1.29 bits per heavy atom. The van der Waals surface area contributed by atoms with Crippen LogP contribution in [0.4, 0.5) is 0 Å². The Kier molecular flexibility index (Phi) is 4.50. The zero-order valence-corrected chi connectivity index (χ0v) is 14.3. The first-order valence-corrected chi connectivity index (χ1v) is 8.21. The molecule has 2 aromatic carbocycles. The molecule has 0 saturated carbocycles. The van der Waals surface area contributed by atoms with Crippen LogP contribution >= 0.6 is 11.3 Å². The Balaban J connectivity index is 2.18. The van der Waals surface area contributed by atoms with Crippen molar-refractivity contribution in [3.63, 3.8) is 0 Å². The van der Waals surface area contributed by atoms with E-state index in [0.717, 1.165) is 15.8 Å². The normalized spacial score (nSPS) is 11.5. The number of hydrogen-bond acceptors (Lipinski definition) is 3. The summed E-state index contributed by atoms with van der Waals surface area (Å²) < 4.78 is 8.23. The third kappa shape index (κ3) is 2.97. The standard InChI is InChI=1S/C19H16N2O2S/c1-4-12-21-17-15(23-3)6-5-7-16(17)24-19(21)20-18(22)14-10-8-13(2)9-11-14/h1,5-11H,12H2,2-3H3. The summed E-state index contributed by atoms with van der Waals surface area (Å²) in [4.78, 5) is 17.3. The zero-order valence-electron chi connectivity index (χ0n) is 13.4. The highest BCUT2D eigenvalue weighted by Gasteiger charge is 2.12. The lowest BCUT2D eigenvalue weighted by Gasteiger charge is -2.05. The van der Waals surface area contributed by atoms with Crippen molar-refractivity contribution in [1.29, 1.82) is 0 Å². The number of carbonyl (C=O) groups excluding carboxylic acids is 1. The maximum Gasteiger partial charge on any atom is 0.279 e. The van der Waals surface area contributed by atoms with Crippen molar-refractivity contribution < 1.29 is 9.53 Å². The van der Waals surface area contributed by atoms with Crippen LogP contribution in [0.15, 0.2) is 47.5 Å². The largest absolute Gasteiger partial charge is 0.495 e. The molecule has 120 valence electrons. The van der Waals surface area contributed by atoms with E-state index in [1.807, 2.05) is 41.8 Å². The number of methoxy groups -OCH3 is 1. The molecule has 1 aromatic heterocycles. The van der Waals surface area contributed by atoms with Crippen molar-refractivity contribution >= 4 is 27.5 Å². The highest BCUT2D eigenvalue weighted by Crippen LogP contribution is 2.27. The predicted octanol–water partition coefficient (Wildman–Crippen LogP) is 3.39. The van der Waals surface area contributed by atoms with Gasteiger partial charge in [-0.25, -0.2) is 0 Å². The molecule has 0 aliphatic carbocycles. The van der Waals surface area contributed by atoms with Gasteiger partial charge in [-0.05, 0) is 31.2 Å². The SMILES string of the molecule is C#CCn1c(=NC(=O)c2ccc(C)cc2)sc2cccc(OC)c21. The van der Waals surface area contributed by atoms with Crippen molar-refractivity contribution in [3.8, 4) is 18.1 Å². The number of fused-ring (bicyclic) bond motifs is 1. The van der Waals surface area contributed by atoms with Crippen molar-refractivity contribution in [2.45, 2.75) is 13.5 Å². The molecule has 4 nitrogen and oxygen atoms in total. The average molecular weight is 336 g/mol. The number of aryl methyl sites for hydroxylation is 1. The molecule has 0 radical (unpaired) electrons. The quantitative estimate of drug-likeness (QED) is 0.688. The van der Waals surface area contributed by atoms with Gasteiger partial charge in [0.2, 0.25) is 0 Å². The lowest BCUT2D eigenvalue weighted by Crippen LogP contribution is -2.16. The van der Waals surface area contributed by atoms with Crippen LogP contribution in [0.2, 0.25) is 0 Å². The van der Waals surface area contributed by atoms with Crippen LogP contribution < -0.4 is 9.54 Å². The van der Waals surface area contributed by atoms with E-state index in [-0.39, 0.29) is 5.91 Å². The van der Waals surface area contributed by atoms with Crippen LogP contribution in [0.1, 0.15) is 15.9 Å². The molecular weight excluding hydrogens is 320 g/mol. The maximum atomic E-state index is 12.5. The highest BCUT2D eigenvalue weighted by molar-refractivity contribution is 7.16. The van der Waals surface area contributed by atoms with Gasteiger partial charge in [0, 0.05) is 5.56 Å². The number of benzene rings is 2. The molecule has 1 amide bonds. The molecule has 0 saturated heterocycles. The van der Waals surface area contributed by atoms with E-state index >= 15 is 0 Å². The van der Waals surface area contributed by atoms with Crippen LogP contribution in [0, 0.1) is 19.3 Å². The number of ether oxygens (including phenoxy) is 1. The minimum absolute atomic E-state index is 0.286. The Labute approximate surface area is 144 Å². The molecule has 0 aliphatic rings. The van der Waals surface area contributed by atoms with E-state index in [2.05, 4.69) is 10.9 Å². The fourth-order valence-corrected chi connectivity index (χ4v) is 3.48. The van der Waals surface area contributed by atoms with Gasteiger partial charge in [-0.1, -0.05) is 41.0 Å². The van der Waals surface area contributed by atoms with Crippen LogP contribution in [0.5, 0.6) is 5.75 Å². The maximum absolute atomic E-state index is 12.5. The van der Waals surface area contributed by atoms with Crippen molar-refractivity contribution in [2.24, 2.45) is 4.99 Å². The van der Waals surface area contributed by atoms with E-state index in [0.29, 0.717) is 22.7 Å². The van der Waals surface area contributed by atoms with Gasteiger partial charge in [0.05, 0.1) is 18.4 Å². The number of amides is 1. The number of aromatic nitrogens is 1. The van der Waals surface area contributed by atoms with Gasteiger partial charge in [0.1, 0.15) is 11.3 Å². The number of rotatable bonds is 3. The van der Waals surface area contributed by atoms with Crippen LogP contribution in [0.25, 0.3) is 10.2 Å². The zero-order chi connectivity index (χ0) is 17.1. The first-order valence-electron chi connectivity index (χ1n) is 7.39. The fourth-order valence-electron chi connectivity index (χ4n) is 2.43. The van der Waals surface area contributed by atoms with Gasteiger partial charge >= 0.3 is 0 Å². The van der Waals surface area contributed by atoms with Crippen LogP contribution in [-0.2, 0) is 6.54 Å². The number of para-hydroxylation sites is 1. The molecule has 0 bridgehead atoms. The first-order chi connectivity index (χ1) is 11.6. The van der Waals surface area contributed by atoms with Crippen molar-refractivity contribution in [3.05, 3.63) is 58.4 Å². The van der Waals surface area contributed by atoms with Crippen LogP contribution in [0.3, 0.4) is 0 Å². The summed E-state index contributed by atoms with van der Waals surface area (Å²) >= 11 is 1.42. The highest BCUT2D eigenvalue weighted by atomic mass is 32.1. The monoisotopic (exact) mass is 336 g/mol. The van der Waals surface area contributed by atoms with E-state index in [9.17, 15) is 4.79 Å². The molecule has 0 unspecified atom stereocenters. The Hall–Kier alpha value is -2.84. The number of hydrogen-bond donors (Lipinski definition) is 0. The van der Waals surface area contributed by atoms with Crippen molar-refractivity contribution in [1.82, 2.24) is 4.57 Å². The van der Waals surface area contributed by atoms with Gasteiger partial charge in [-0.15, -0.1) is 6.42 Å². The fraction of sp³-hybridized carbons (Fsp3) is 0.158. The smallest absolute Gasteiger partial charge is 0.279 e. The lowest BCUT2D eigenvalue weighted by molar-refractivity contribution is 0.0998. The minimum atomic E-state index is -0.286. The summed E-state index contributed by atoms with van der Waals surface area (Å²) in [5.74, 6) is 3.04. The lowest BCUT2D eigenvalue weighted by atomic mass is 10.1. The number of thiazole rings is 1. The van der Waals surface area contributed by atoms with E-state index < -0.39 is 0 Å². The predicted molar refractivity (Wildman–Crippen MR) is 96.3 cm³/mol. The summed E-state index contributed by atoms with van der Waals surface area (Å²) in [5.41, 5.74) is 2.51. The van der Waals surface area contributed by atoms with Crippen molar-refractivity contribution in [2.75, 3.05) is 7.11 Å². The third-order valence-electron chi connectivity index (χ3n) is 3.63. The molecule has 0 N–H and O–H groups in total. The molecular formula is C19H16N2O2S. The third-order valence-corrected chi connectivity index (χ3v) is 4.67. The molecule has 0 fully saturated rings. The molecule has 3 rings (SSSR count). The summed E-state index contributed by atoms with van der Waals surface area (Å²) in [6.45, 7) is 2.30. The van der Waals surface area contributed by atoms with E-state index in [4.69, 9.17) is 11.2 Å². The molecule has 5 heteroatoms. The number of terminal acetylenes is 1. The van der Waals surface area contributed by atoms with Crippen LogP contribution in [-0.4, -0.2) is 17.6 Å². The molecule has 0 atom stereocenters. The van der Waals surface area contributed by atoms with E-state index in [1.54, 1.807) is 19.2 Å². The minimum Gasteiger partial charge on any atom is -0.495 e. The first kappa shape index (κ1) is 16.0. The summed E-state index contributed by atoms with van der Waals surface area (Å²) in [6, 6.07) is 13.1. The molecule has 0 aliphatic heterocycles.